The first-order valence-electron chi connectivity index (χ1n) is 9.69. The van der Waals surface area contributed by atoms with E-state index >= 15 is 0 Å². The van der Waals surface area contributed by atoms with Crippen molar-refractivity contribution >= 4 is 35.6 Å². The number of carbonyl (C=O) groups is 3. The zero-order valence-electron chi connectivity index (χ0n) is 16.5. The number of benzene rings is 2. The normalized spacial score (nSPS) is 21.6. The maximum Gasteiger partial charge on any atom is 0.290 e. The molecule has 2 aliphatic rings. The van der Waals surface area contributed by atoms with E-state index in [1.165, 1.54) is 12.1 Å². The van der Waals surface area contributed by atoms with Gasteiger partial charge in [0.05, 0.1) is 16.5 Å². The molecule has 0 unspecified atom stereocenters. The molecule has 0 aliphatic carbocycles. The van der Waals surface area contributed by atoms with Gasteiger partial charge in [0.15, 0.2) is 0 Å². The summed E-state index contributed by atoms with van der Waals surface area (Å²) >= 11 is 5.99. The summed E-state index contributed by atoms with van der Waals surface area (Å²) in [5.74, 6) is -0.245. The second-order valence-corrected chi connectivity index (χ2v) is 7.70. The van der Waals surface area contributed by atoms with Gasteiger partial charge in [-0.15, -0.1) is 0 Å². The molecule has 2 aromatic rings. The van der Waals surface area contributed by atoms with Crippen LogP contribution in [0.2, 0.25) is 5.02 Å². The van der Waals surface area contributed by atoms with Crippen LogP contribution in [0.25, 0.3) is 0 Å². The molecule has 30 heavy (non-hydrogen) atoms. The molecule has 0 aromatic heterocycles. The van der Waals surface area contributed by atoms with E-state index in [9.17, 15) is 14.7 Å². The lowest BCUT2D eigenvalue weighted by molar-refractivity contribution is -0.123. The second-order valence-electron chi connectivity index (χ2n) is 7.30. The van der Waals surface area contributed by atoms with E-state index in [0.717, 1.165) is 24.1 Å². The highest BCUT2D eigenvalue weighted by atomic mass is 35.5. The van der Waals surface area contributed by atoms with Crippen molar-refractivity contribution in [3.63, 3.8) is 0 Å². The molecule has 0 saturated carbocycles. The number of anilines is 1. The van der Waals surface area contributed by atoms with Crippen LogP contribution in [0.3, 0.4) is 0 Å². The number of nitrogens with zero attached hydrogens (tertiary/aromatic N) is 1. The van der Waals surface area contributed by atoms with Crippen molar-refractivity contribution in [2.45, 2.75) is 37.6 Å². The van der Waals surface area contributed by atoms with Gasteiger partial charge in [0, 0.05) is 17.8 Å². The Balaban J connectivity index is 0.000000806. The largest absolute Gasteiger partial charge is 0.506 e. The fourth-order valence-corrected chi connectivity index (χ4v) is 4.71. The first-order valence-corrected chi connectivity index (χ1v) is 10.1. The fourth-order valence-electron chi connectivity index (χ4n) is 4.53. The molecule has 1 fully saturated rings. The zero-order valence-corrected chi connectivity index (χ0v) is 17.2. The van der Waals surface area contributed by atoms with Crippen molar-refractivity contribution in [2.75, 3.05) is 11.9 Å². The van der Waals surface area contributed by atoms with Crippen molar-refractivity contribution in [3.8, 4) is 5.75 Å². The summed E-state index contributed by atoms with van der Waals surface area (Å²) < 4.78 is 0. The molecule has 2 aromatic carbocycles. The molecule has 2 amide bonds. The minimum atomic E-state index is -0.705. The quantitative estimate of drug-likeness (QED) is 0.644. The van der Waals surface area contributed by atoms with E-state index in [2.05, 4.69) is 12.2 Å². The second kappa shape index (κ2) is 8.75. The van der Waals surface area contributed by atoms with Crippen LogP contribution in [0.5, 0.6) is 5.75 Å². The molecule has 0 radical (unpaired) electrons. The Morgan fingerprint density at radius 1 is 1.33 bits per heavy atom. The average Bonchev–Trinajstić information content (AvgIpc) is 3.24. The summed E-state index contributed by atoms with van der Waals surface area (Å²) in [4.78, 5) is 36.4. The Morgan fingerprint density at radius 2 is 2.03 bits per heavy atom. The molecule has 3 N–H and O–H groups in total. The van der Waals surface area contributed by atoms with Crippen LogP contribution in [-0.2, 0) is 15.0 Å². The summed E-state index contributed by atoms with van der Waals surface area (Å²) in [5, 5.41) is 19.7. The smallest absolute Gasteiger partial charge is 0.290 e. The van der Waals surface area contributed by atoms with Gasteiger partial charge in [-0.25, -0.2) is 0 Å². The molecule has 4 rings (SSSR count). The van der Waals surface area contributed by atoms with Crippen LogP contribution >= 0.6 is 11.6 Å². The third kappa shape index (κ3) is 3.50. The fraction of sp³-hybridized carbons (Fsp3) is 0.318. The summed E-state index contributed by atoms with van der Waals surface area (Å²) in [6, 6.07) is 12.0. The summed E-state index contributed by atoms with van der Waals surface area (Å²) in [6.45, 7) is 2.31. The molecule has 1 spiro atoms. The van der Waals surface area contributed by atoms with E-state index in [-0.39, 0.29) is 35.1 Å². The van der Waals surface area contributed by atoms with Crippen LogP contribution < -0.4 is 5.32 Å². The Kier molecular flexibility index (Phi) is 6.31. The molecule has 158 valence electrons. The maximum atomic E-state index is 13.2. The molecule has 2 heterocycles. The Labute approximate surface area is 179 Å². The van der Waals surface area contributed by atoms with Crippen molar-refractivity contribution in [2.24, 2.45) is 0 Å². The Bertz CT molecular complexity index is 980. The highest BCUT2D eigenvalue weighted by Gasteiger charge is 2.58. The highest BCUT2D eigenvalue weighted by molar-refractivity contribution is 6.32. The molecule has 2 atom stereocenters. The van der Waals surface area contributed by atoms with Gasteiger partial charge in [0.2, 0.25) is 5.91 Å². The van der Waals surface area contributed by atoms with Gasteiger partial charge in [0.25, 0.3) is 12.4 Å². The van der Waals surface area contributed by atoms with Crippen LogP contribution in [0, 0.1) is 0 Å². The maximum absolute atomic E-state index is 13.2. The molecule has 1 saturated heterocycles. The first-order chi connectivity index (χ1) is 14.4. The predicted octanol–water partition coefficient (Wildman–Crippen LogP) is 3.65. The van der Waals surface area contributed by atoms with Crippen molar-refractivity contribution in [1.29, 1.82) is 0 Å². The van der Waals surface area contributed by atoms with Crippen LogP contribution in [0.15, 0.2) is 42.5 Å². The van der Waals surface area contributed by atoms with Gasteiger partial charge in [0.1, 0.15) is 5.75 Å². The number of rotatable bonds is 3. The Morgan fingerprint density at radius 3 is 2.70 bits per heavy atom. The summed E-state index contributed by atoms with van der Waals surface area (Å²) in [5.41, 5.74) is 1.53. The lowest BCUT2D eigenvalue weighted by Gasteiger charge is -2.34. The monoisotopic (exact) mass is 430 g/mol. The number of aromatic hydroxyl groups is 1. The standard InChI is InChI=1S/C21H21ClN2O3.CH2O2/c1-2-5-18-21(14-6-3-4-7-16(14)23-20(21)27)10-11-24(18)19(26)13-8-9-17(25)15(22)12-13;2-1-3/h3-4,6-9,12,18,25H,2,5,10-11H2,1H3,(H,23,27);1H,(H,2,3)/t18-,21-;/m0./s1. The molecule has 2 aliphatic heterocycles. The van der Waals surface area contributed by atoms with Crippen molar-refractivity contribution in [1.82, 2.24) is 4.90 Å². The topological polar surface area (TPSA) is 107 Å². The number of hydrogen-bond donors (Lipinski definition) is 3. The highest BCUT2D eigenvalue weighted by Crippen LogP contribution is 2.49. The van der Waals surface area contributed by atoms with Crippen LogP contribution in [-0.4, -0.2) is 46.0 Å². The minimum absolute atomic E-state index is 0.0267. The number of carbonyl (C=O) groups excluding carboxylic acids is 2. The summed E-state index contributed by atoms with van der Waals surface area (Å²) in [7, 11) is 0. The number of amides is 2. The lowest BCUT2D eigenvalue weighted by Crippen LogP contribution is -2.48. The Hall–Kier alpha value is -3.06. The van der Waals surface area contributed by atoms with E-state index in [1.54, 1.807) is 11.0 Å². The number of hydrogen-bond acceptors (Lipinski definition) is 4. The number of likely N-dealkylation sites (tertiary alicyclic amines) is 1. The number of halogens is 1. The first kappa shape index (κ1) is 21.6. The van der Waals surface area contributed by atoms with Gasteiger partial charge in [-0.2, -0.15) is 0 Å². The molecule has 0 bridgehead atoms. The molecular formula is C22H23ClN2O5. The molecule has 7 nitrogen and oxygen atoms in total. The van der Waals surface area contributed by atoms with Gasteiger partial charge in [-0.1, -0.05) is 43.1 Å². The van der Waals surface area contributed by atoms with E-state index in [0.29, 0.717) is 18.5 Å². The van der Waals surface area contributed by atoms with E-state index in [1.807, 2.05) is 24.3 Å². The van der Waals surface area contributed by atoms with E-state index < -0.39 is 5.41 Å². The van der Waals surface area contributed by atoms with Crippen molar-refractivity contribution < 1.29 is 24.6 Å². The van der Waals surface area contributed by atoms with Crippen LogP contribution in [0.1, 0.15) is 42.1 Å². The number of phenolic OH excluding ortho intramolecular Hbond substituents is 1. The third-order valence-corrected chi connectivity index (χ3v) is 6.07. The number of phenols is 1. The number of para-hydroxylation sites is 1. The lowest BCUT2D eigenvalue weighted by atomic mass is 9.73. The van der Waals surface area contributed by atoms with Gasteiger partial charge >= 0.3 is 0 Å². The van der Waals surface area contributed by atoms with Gasteiger partial charge in [-0.3, -0.25) is 14.4 Å². The van der Waals surface area contributed by atoms with Crippen molar-refractivity contribution in [3.05, 3.63) is 58.6 Å². The number of carboxylic acid groups (broad SMARTS) is 1. The van der Waals surface area contributed by atoms with E-state index in [4.69, 9.17) is 21.5 Å². The minimum Gasteiger partial charge on any atom is -0.506 e. The number of nitrogens with one attached hydrogen (secondary N) is 1. The zero-order chi connectivity index (χ0) is 21.9. The SMILES string of the molecule is CCC[C@@H]1N(C(=O)c2ccc(O)c(Cl)c2)CC[C@@]12C(=O)Nc1ccccc12.O=CO. The van der Waals surface area contributed by atoms with Crippen LogP contribution in [0.4, 0.5) is 5.69 Å². The molecular weight excluding hydrogens is 408 g/mol. The number of fused-ring (bicyclic) bond motifs is 2. The predicted molar refractivity (Wildman–Crippen MR) is 113 cm³/mol. The average molecular weight is 431 g/mol. The molecule has 8 heteroatoms. The van der Waals surface area contributed by atoms with Gasteiger partial charge < -0.3 is 20.4 Å². The van der Waals surface area contributed by atoms with Gasteiger partial charge in [-0.05, 0) is 42.7 Å². The third-order valence-electron chi connectivity index (χ3n) is 5.77. The summed E-state index contributed by atoms with van der Waals surface area (Å²) in [6.07, 6.45) is 2.19.